The zero-order valence-corrected chi connectivity index (χ0v) is 14.8. The van der Waals surface area contributed by atoms with Gasteiger partial charge in [0.1, 0.15) is 11.6 Å². The molecule has 0 radical (unpaired) electrons. The Balaban J connectivity index is 1.95. The Labute approximate surface area is 156 Å². The zero-order chi connectivity index (χ0) is 18.8. The number of hydrogen-bond acceptors (Lipinski definition) is 3. The lowest BCUT2D eigenvalue weighted by Crippen LogP contribution is -2.22. The van der Waals surface area contributed by atoms with Gasteiger partial charge in [-0.25, -0.2) is 4.98 Å². The number of phenolic OH excluding ortho intramolecular Hbond substituents is 1. The molecule has 0 amide bonds. The molecule has 0 saturated carbocycles. The number of aromatic nitrogens is 2. The highest BCUT2D eigenvalue weighted by molar-refractivity contribution is 5.80. The Morgan fingerprint density at radius 3 is 2.44 bits per heavy atom. The number of nitrogens with zero attached hydrogens (tertiary/aromatic N) is 2. The van der Waals surface area contributed by atoms with E-state index in [1.807, 2.05) is 73.7 Å². The summed E-state index contributed by atoms with van der Waals surface area (Å²) >= 11 is 0. The maximum Gasteiger partial charge on any atom is 0.266 e. The predicted molar refractivity (Wildman–Crippen MR) is 109 cm³/mol. The molecule has 0 aliphatic rings. The topological polar surface area (TPSA) is 55.1 Å². The summed E-state index contributed by atoms with van der Waals surface area (Å²) in [4.78, 5) is 17.8. The van der Waals surface area contributed by atoms with Crippen molar-refractivity contribution in [2.75, 3.05) is 0 Å². The van der Waals surface area contributed by atoms with E-state index in [4.69, 9.17) is 0 Å². The van der Waals surface area contributed by atoms with Crippen molar-refractivity contribution in [3.8, 4) is 11.4 Å². The fraction of sp³-hybridized carbons (Fsp3) is 0.0435. The van der Waals surface area contributed by atoms with Crippen LogP contribution in [0.5, 0.6) is 5.75 Å². The van der Waals surface area contributed by atoms with Gasteiger partial charge in [-0.3, -0.25) is 9.36 Å². The van der Waals surface area contributed by atoms with Gasteiger partial charge in [0.15, 0.2) is 0 Å². The Morgan fingerprint density at radius 1 is 0.889 bits per heavy atom. The summed E-state index contributed by atoms with van der Waals surface area (Å²) in [5.74, 6) is 0.731. The maximum atomic E-state index is 13.1. The monoisotopic (exact) mass is 354 g/mol. The Morgan fingerprint density at radius 2 is 1.63 bits per heavy atom. The van der Waals surface area contributed by atoms with Gasteiger partial charge in [0.25, 0.3) is 5.56 Å². The lowest BCUT2D eigenvalue weighted by molar-refractivity contribution is 0.470. The minimum absolute atomic E-state index is 0.125. The molecular formula is C23H18N2O2. The van der Waals surface area contributed by atoms with E-state index in [2.05, 4.69) is 4.98 Å². The first-order valence-electron chi connectivity index (χ1n) is 8.69. The molecule has 4 aromatic rings. The van der Waals surface area contributed by atoms with Crippen LogP contribution in [0.1, 0.15) is 17.0 Å². The van der Waals surface area contributed by atoms with Gasteiger partial charge < -0.3 is 5.11 Å². The van der Waals surface area contributed by atoms with Gasteiger partial charge in [0.05, 0.1) is 16.6 Å². The van der Waals surface area contributed by atoms with Crippen LogP contribution < -0.4 is 5.56 Å². The first-order valence-corrected chi connectivity index (χ1v) is 8.69. The average molecular weight is 354 g/mol. The first-order chi connectivity index (χ1) is 13.1. The molecule has 0 saturated heterocycles. The van der Waals surface area contributed by atoms with Crippen molar-refractivity contribution in [2.24, 2.45) is 0 Å². The van der Waals surface area contributed by atoms with Crippen molar-refractivity contribution in [1.82, 2.24) is 9.55 Å². The summed E-state index contributed by atoms with van der Waals surface area (Å²) in [7, 11) is 0. The van der Waals surface area contributed by atoms with Crippen LogP contribution in [-0.2, 0) is 0 Å². The van der Waals surface area contributed by atoms with Crippen LogP contribution in [0.4, 0.5) is 0 Å². The average Bonchev–Trinajstić information content (AvgIpc) is 2.70. The molecule has 0 unspecified atom stereocenters. The summed E-state index contributed by atoms with van der Waals surface area (Å²) < 4.78 is 1.59. The summed E-state index contributed by atoms with van der Waals surface area (Å²) in [5, 5.41) is 10.8. The molecule has 4 heteroatoms. The lowest BCUT2D eigenvalue weighted by Gasteiger charge is -2.11. The maximum absolute atomic E-state index is 13.1. The van der Waals surface area contributed by atoms with Crippen molar-refractivity contribution < 1.29 is 5.11 Å². The number of rotatable bonds is 3. The van der Waals surface area contributed by atoms with Crippen LogP contribution in [0.2, 0.25) is 0 Å². The summed E-state index contributed by atoms with van der Waals surface area (Å²) in [5.41, 5.74) is 2.73. The van der Waals surface area contributed by atoms with Crippen molar-refractivity contribution in [1.29, 1.82) is 0 Å². The Kier molecular flexibility index (Phi) is 4.30. The van der Waals surface area contributed by atoms with E-state index in [0.717, 1.165) is 11.3 Å². The third kappa shape index (κ3) is 3.13. The summed E-state index contributed by atoms with van der Waals surface area (Å²) in [6.45, 7) is 1.85. The van der Waals surface area contributed by atoms with Crippen molar-refractivity contribution in [3.05, 3.63) is 100 Å². The third-order valence-electron chi connectivity index (χ3n) is 4.50. The van der Waals surface area contributed by atoms with Crippen LogP contribution in [0.25, 0.3) is 28.7 Å². The molecule has 1 heterocycles. The van der Waals surface area contributed by atoms with E-state index in [9.17, 15) is 9.90 Å². The standard InChI is InChI=1S/C23H18N2O2/c1-16-8-7-9-17(22(16)26)14-15-21-24-20-13-6-5-12-19(20)23(27)25(21)18-10-3-2-4-11-18/h2-15,26H,1H3/b15-14+. The second-order valence-corrected chi connectivity index (χ2v) is 6.31. The van der Waals surface area contributed by atoms with E-state index in [-0.39, 0.29) is 11.3 Å². The fourth-order valence-corrected chi connectivity index (χ4v) is 3.07. The molecule has 3 aromatic carbocycles. The van der Waals surface area contributed by atoms with Crippen LogP contribution in [-0.4, -0.2) is 14.7 Å². The molecule has 1 aromatic heterocycles. The van der Waals surface area contributed by atoms with Crippen molar-refractivity contribution in [2.45, 2.75) is 6.92 Å². The third-order valence-corrected chi connectivity index (χ3v) is 4.50. The van der Waals surface area contributed by atoms with Gasteiger partial charge in [-0.15, -0.1) is 0 Å². The van der Waals surface area contributed by atoms with Crippen molar-refractivity contribution >= 4 is 23.1 Å². The summed E-state index contributed by atoms with van der Waals surface area (Å²) in [6, 6.07) is 22.3. The van der Waals surface area contributed by atoms with Crippen LogP contribution in [0.3, 0.4) is 0 Å². The normalized spacial score (nSPS) is 11.3. The highest BCUT2D eigenvalue weighted by Crippen LogP contribution is 2.23. The van der Waals surface area contributed by atoms with Gasteiger partial charge in [-0.2, -0.15) is 0 Å². The number of hydrogen-bond donors (Lipinski definition) is 1. The Hall–Kier alpha value is -3.66. The van der Waals surface area contributed by atoms with Gasteiger partial charge in [-0.1, -0.05) is 48.5 Å². The van der Waals surface area contributed by atoms with Gasteiger partial charge in [0, 0.05) is 5.56 Å². The molecule has 0 spiro atoms. The molecular weight excluding hydrogens is 336 g/mol. The van der Waals surface area contributed by atoms with E-state index in [1.165, 1.54) is 0 Å². The largest absolute Gasteiger partial charge is 0.507 e. The minimum atomic E-state index is -0.125. The number of para-hydroxylation sites is 3. The quantitative estimate of drug-likeness (QED) is 0.586. The van der Waals surface area contributed by atoms with Crippen LogP contribution in [0, 0.1) is 6.92 Å². The number of aromatic hydroxyl groups is 1. The van der Waals surface area contributed by atoms with Crippen molar-refractivity contribution in [3.63, 3.8) is 0 Å². The van der Waals surface area contributed by atoms with E-state index in [1.54, 1.807) is 22.8 Å². The Bertz CT molecular complexity index is 1210. The molecule has 0 fully saturated rings. The molecule has 0 atom stereocenters. The smallest absolute Gasteiger partial charge is 0.266 e. The second-order valence-electron chi connectivity index (χ2n) is 6.31. The highest BCUT2D eigenvalue weighted by Gasteiger charge is 2.11. The first kappa shape index (κ1) is 16.8. The molecule has 27 heavy (non-hydrogen) atoms. The number of benzene rings is 3. The lowest BCUT2D eigenvalue weighted by atomic mass is 10.1. The highest BCUT2D eigenvalue weighted by atomic mass is 16.3. The fourth-order valence-electron chi connectivity index (χ4n) is 3.07. The molecule has 0 bridgehead atoms. The van der Waals surface area contributed by atoms with Gasteiger partial charge in [0.2, 0.25) is 0 Å². The van der Waals surface area contributed by atoms with E-state index >= 15 is 0 Å². The summed E-state index contributed by atoms with van der Waals surface area (Å²) in [6.07, 6.45) is 3.54. The van der Waals surface area contributed by atoms with Gasteiger partial charge in [-0.05, 0) is 48.9 Å². The second kappa shape index (κ2) is 6.92. The van der Waals surface area contributed by atoms with Crippen LogP contribution in [0.15, 0.2) is 77.6 Å². The molecule has 132 valence electrons. The number of phenols is 1. The van der Waals surface area contributed by atoms with E-state index in [0.29, 0.717) is 22.3 Å². The predicted octanol–water partition coefficient (Wildman–Crippen LogP) is 4.57. The van der Waals surface area contributed by atoms with Gasteiger partial charge >= 0.3 is 0 Å². The minimum Gasteiger partial charge on any atom is -0.507 e. The van der Waals surface area contributed by atoms with Crippen LogP contribution >= 0.6 is 0 Å². The number of aryl methyl sites for hydroxylation is 1. The molecule has 0 aliphatic carbocycles. The SMILES string of the molecule is Cc1cccc(/C=C/c2nc3ccccc3c(=O)n2-c2ccccc2)c1O. The number of fused-ring (bicyclic) bond motifs is 1. The zero-order valence-electron chi connectivity index (χ0n) is 14.8. The van der Waals surface area contributed by atoms with E-state index < -0.39 is 0 Å². The molecule has 4 rings (SSSR count). The molecule has 0 aliphatic heterocycles. The molecule has 4 nitrogen and oxygen atoms in total. The molecule has 1 N–H and O–H groups in total.